The number of hydroxylamine groups is 1. The number of carboxylic acids is 2. The highest BCUT2D eigenvalue weighted by Gasteiger charge is 2.26. The van der Waals surface area contributed by atoms with Crippen LogP contribution in [0.4, 0.5) is 0 Å². The molecular formula is C15H27NO6Si. The van der Waals surface area contributed by atoms with Crippen LogP contribution < -0.4 is 5.48 Å². The van der Waals surface area contributed by atoms with E-state index in [9.17, 15) is 14.4 Å². The molecule has 0 aliphatic heterocycles. The molecule has 0 aromatic heterocycles. The number of hydrogen-bond acceptors (Lipinski definition) is 5. The number of carbonyl (C=O) groups is 3. The average Bonchev–Trinajstić information content (AvgIpc) is 2.51. The summed E-state index contributed by atoms with van der Waals surface area (Å²) in [5.74, 6) is -3.00. The Hall–Kier alpha value is -1.67. The van der Waals surface area contributed by atoms with Gasteiger partial charge in [-0.05, 0) is 13.3 Å². The lowest BCUT2D eigenvalue weighted by atomic mass is 10.2. The summed E-state index contributed by atoms with van der Waals surface area (Å²) in [6.45, 7) is 7.98. The fraction of sp³-hybridized carbons (Fsp3) is 0.667. The Morgan fingerprint density at radius 3 is 2.04 bits per heavy atom. The third-order valence-electron chi connectivity index (χ3n) is 4.20. The molecule has 7 nitrogen and oxygen atoms in total. The van der Waals surface area contributed by atoms with E-state index in [1.54, 1.807) is 6.92 Å². The fourth-order valence-electron chi connectivity index (χ4n) is 2.28. The van der Waals surface area contributed by atoms with Crippen molar-refractivity contribution in [3.8, 4) is 0 Å². The van der Waals surface area contributed by atoms with Crippen molar-refractivity contribution in [2.45, 2.75) is 64.7 Å². The van der Waals surface area contributed by atoms with Gasteiger partial charge in [0.05, 0.1) is 8.07 Å². The van der Waals surface area contributed by atoms with Crippen molar-refractivity contribution < 1.29 is 29.4 Å². The SMILES string of the molecule is CC[Si](C=C(C)C(=O)ON[C@@H](CCC(=O)O)C(=O)O)(CC)CC. The van der Waals surface area contributed by atoms with E-state index in [2.05, 4.69) is 26.3 Å². The molecule has 0 radical (unpaired) electrons. The summed E-state index contributed by atoms with van der Waals surface area (Å²) >= 11 is 0. The van der Waals surface area contributed by atoms with Gasteiger partial charge < -0.3 is 15.1 Å². The van der Waals surface area contributed by atoms with Gasteiger partial charge in [-0.3, -0.25) is 9.59 Å². The highest BCUT2D eigenvalue weighted by molar-refractivity contribution is 6.84. The van der Waals surface area contributed by atoms with Crippen LogP contribution in [-0.2, 0) is 19.2 Å². The van der Waals surface area contributed by atoms with Gasteiger partial charge in [0.25, 0.3) is 0 Å². The van der Waals surface area contributed by atoms with Crippen molar-refractivity contribution in [3.63, 3.8) is 0 Å². The summed E-state index contributed by atoms with van der Waals surface area (Å²) in [4.78, 5) is 38.3. The summed E-state index contributed by atoms with van der Waals surface area (Å²) < 4.78 is 0. The lowest BCUT2D eigenvalue weighted by molar-refractivity contribution is -0.154. The first kappa shape index (κ1) is 21.3. The van der Waals surface area contributed by atoms with E-state index in [1.807, 2.05) is 5.70 Å². The predicted molar refractivity (Wildman–Crippen MR) is 88.5 cm³/mol. The van der Waals surface area contributed by atoms with E-state index in [1.165, 1.54) is 0 Å². The number of nitrogens with one attached hydrogen (secondary N) is 1. The van der Waals surface area contributed by atoms with Crippen molar-refractivity contribution in [3.05, 3.63) is 11.3 Å². The van der Waals surface area contributed by atoms with Crippen LogP contribution in [0.1, 0.15) is 40.5 Å². The summed E-state index contributed by atoms with van der Waals surface area (Å²) in [5.41, 5.74) is 4.62. The van der Waals surface area contributed by atoms with Crippen molar-refractivity contribution in [2.24, 2.45) is 0 Å². The van der Waals surface area contributed by atoms with E-state index in [0.29, 0.717) is 5.57 Å². The molecule has 23 heavy (non-hydrogen) atoms. The van der Waals surface area contributed by atoms with Crippen molar-refractivity contribution in [1.29, 1.82) is 0 Å². The molecule has 132 valence electrons. The fourth-order valence-corrected chi connectivity index (χ4v) is 5.43. The Balaban J connectivity index is 4.78. The Morgan fingerprint density at radius 1 is 1.13 bits per heavy atom. The zero-order valence-electron chi connectivity index (χ0n) is 14.2. The predicted octanol–water partition coefficient (Wildman–Crippen LogP) is 2.35. The van der Waals surface area contributed by atoms with Crippen LogP contribution in [0.3, 0.4) is 0 Å². The summed E-state index contributed by atoms with van der Waals surface area (Å²) in [6.07, 6.45) is -0.494. The molecule has 0 saturated heterocycles. The van der Waals surface area contributed by atoms with Gasteiger partial charge in [0.2, 0.25) is 0 Å². The quantitative estimate of drug-likeness (QED) is 0.299. The number of carboxylic acid groups (broad SMARTS) is 2. The molecule has 0 aliphatic rings. The monoisotopic (exact) mass is 345 g/mol. The molecule has 1 atom stereocenters. The van der Waals surface area contributed by atoms with Crippen molar-refractivity contribution in [1.82, 2.24) is 5.48 Å². The van der Waals surface area contributed by atoms with Gasteiger partial charge in [-0.1, -0.05) is 44.6 Å². The zero-order valence-corrected chi connectivity index (χ0v) is 15.2. The lowest BCUT2D eigenvalue weighted by Crippen LogP contribution is -2.39. The maximum absolute atomic E-state index is 12.0. The van der Waals surface area contributed by atoms with E-state index >= 15 is 0 Å². The number of hydrogen-bond donors (Lipinski definition) is 3. The standard InChI is InChI=1S/C15H27NO6Si/c1-5-23(6-2,7-3)10-11(4)15(21)22-16-12(14(19)20)8-9-13(17)18/h10,12,16H,5-9H2,1-4H3,(H,17,18)(H,19,20)/t12-/m0/s1. The molecular weight excluding hydrogens is 318 g/mol. The third kappa shape index (κ3) is 7.42. The summed E-state index contributed by atoms with van der Waals surface area (Å²) in [5, 5.41) is 17.6. The molecule has 8 heteroatoms. The molecule has 0 unspecified atom stereocenters. The molecule has 0 amide bonds. The molecule has 0 aliphatic carbocycles. The second-order valence-electron chi connectivity index (χ2n) is 5.58. The van der Waals surface area contributed by atoms with E-state index in [4.69, 9.17) is 15.1 Å². The van der Waals surface area contributed by atoms with Crippen molar-refractivity contribution >= 4 is 26.0 Å². The van der Waals surface area contributed by atoms with Crippen molar-refractivity contribution in [2.75, 3.05) is 0 Å². The first-order valence-electron chi connectivity index (χ1n) is 7.82. The van der Waals surface area contributed by atoms with E-state index < -0.39 is 32.0 Å². The lowest BCUT2D eigenvalue weighted by Gasteiger charge is -2.24. The number of aliphatic carboxylic acids is 2. The Labute approximate surface area is 137 Å². The minimum Gasteiger partial charge on any atom is -0.481 e. The molecule has 0 spiro atoms. The molecule has 0 aromatic rings. The summed E-state index contributed by atoms with van der Waals surface area (Å²) in [7, 11) is -1.64. The Bertz CT molecular complexity index is 451. The van der Waals surface area contributed by atoms with Crippen LogP contribution in [0.2, 0.25) is 18.1 Å². The molecule has 0 fully saturated rings. The van der Waals surface area contributed by atoms with Crippen LogP contribution in [0, 0.1) is 0 Å². The van der Waals surface area contributed by atoms with E-state index in [0.717, 1.165) is 18.1 Å². The smallest absolute Gasteiger partial charge is 0.351 e. The van der Waals surface area contributed by atoms with Crippen LogP contribution in [-0.4, -0.2) is 42.2 Å². The molecule has 3 N–H and O–H groups in total. The number of carbonyl (C=O) groups excluding carboxylic acids is 1. The Morgan fingerprint density at radius 2 is 1.65 bits per heavy atom. The first-order valence-corrected chi connectivity index (χ1v) is 10.5. The van der Waals surface area contributed by atoms with Gasteiger partial charge in [0, 0.05) is 12.0 Å². The highest BCUT2D eigenvalue weighted by atomic mass is 28.3. The molecule has 0 aromatic carbocycles. The van der Waals surface area contributed by atoms with Crippen LogP contribution >= 0.6 is 0 Å². The second-order valence-corrected chi connectivity index (χ2v) is 10.7. The number of rotatable bonds is 11. The summed E-state index contributed by atoms with van der Waals surface area (Å²) in [6, 6.07) is 1.82. The van der Waals surface area contributed by atoms with Gasteiger partial charge in [0.15, 0.2) is 0 Å². The highest BCUT2D eigenvalue weighted by Crippen LogP contribution is 2.23. The molecule has 0 saturated carbocycles. The normalized spacial score (nSPS) is 13.5. The van der Waals surface area contributed by atoms with Crippen LogP contribution in [0.5, 0.6) is 0 Å². The maximum Gasteiger partial charge on any atom is 0.351 e. The van der Waals surface area contributed by atoms with Gasteiger partial charge in [-0.15, -0.1) is 5.48 Å². The third-order valence-corrected chi connectivity index (χ3v) is 9.47. The molecule has 0 heterocycles. The average molecular weight is 345 g/mol. The largest absolute Gasteiger partial charge is 0.481 e. The second kappa shape index (κ2) is 10.2. The molecule has 0 bridgehead atoms. The van der Waals surface area contributed by atoms with Gasteiger partial charge in [-0.25, -0.2) is 4.79 Å². The van der Waals surface area contributed by atoms with Gasteiger partial charge >= 0.3 is 17.9 Å². The van der Waals surface area contributed by atoms with Crippen LogP contribution in [0.15, 0.2) is 11.3 Å². The van der Waals surface area contributed by atoms with Gasteiger partial charge in [0.1, 0.15) is 6.04 Å². The van der Waals surface area contributed by atoms with Gasteiger partial charge in [-0.2, -0.15) is 0 Å². The van der Waals surface area contributed by atoms with Crippen LogP contribution in [0.25, 0.3) is 0 Å². The van der Waals surface area contributed by atoms with E-state index in [-0.39, 0.29) is 12.8 Å². The minimum absolute atomic E-state index is 0.168. The minimum atomic E-state index is -1.64. The first-order chi connectivity index (χ1) is 10.7. The topological polar surface area (TPSA) is 113 Å². The Kier molecular flexibility index (Phi) is 9.43. The molecule has 0 rings (SSSR count). The maximum atomic E-state index is 12.0. The zero-order chi connectivity index (χ0) is 18.0.